The van der Waals surface area contributed by atoms with Crippen LogP contribution < -0.4 is 10.2 Å². The molecule has 1 N–H and O–H groups in total. The fourth-order valence-electron chi connectivity index (χ4n) is 3.29. The molecule has 0 aliphatic carbocycles. The number of hydrogen-bond donors (Lipinski definition) is 1. The average molecular weight is 434 g/mol. The van der Waals surface area contributed by atoms with Gasteiger partial charge in [-0.1, -0.05) is 57.2 Å². The molecule has 2 rings (SSSR count). The van der Waals surface area contributed by atoms with Gasteiger partial charge in [0.1, 0.15) is 0 Å². The second-order valence-corrected chi connectivity index (χ2v) is 7.58. The number of para-hydroxylation sites is 1. The zero-order valence-electron chi connectivity index (χ0n) is 19.6. The molecule has 0 radical (unpaired) electrons. The molecule has 5 nitrogen and oxygen atoms in total. The van der Waals surface area contributed by atoms with Gasteiger partial charge in [-0.05, 0) is 55.9 Å². The number of rotatable bonds is 11. The lowest BCUT2D eigenvalue weighted by molar-refractivity contribution is -0.118. The van der Waals surface area contributed by atoms with Crippen LogP contribution in [0.3, 0.4) is 0 Å². The van der Waals surface area contributed by atoms with E-state index in [0.29, 0.717) is 25.1 Å². The average Bonchev–Trinajstić information content (AvgIpc) is 2.84. The summed E-state index contributed by atoms with van der Waals surface area (Å²) in [6.07, 6.45) is 2.37. The summed E-state index contributed by atoms with van der Waals surface area (Å²) in [6.45, 7) is 10.1. The van der Waals surface area contributed by atoms with Gasteiger partial charge >= 0.3 is 0 Å². The highest BCUT2D eigenvalue weighted by molar-refractivity contribution is 5.94. The second-order valence-electron chi connectivity index (χ2n) is 7.58. The molecule has 0 aromatic heterocycles. The first-order valence-electron chi connectivity index (χ1n) is 11.5. The molecule has 32 heavy (non-hydrogen) atoms. The fourth-order valence-corrected chi connectivity index (χ4v) is 3.29. The summed E-state index contributed by atoms with van der Waals surface area (Å²) in [4.78, 5) is 29.0. The number of likely N-dealkylation sites (N-methyl/N-ethyl adjacent to an activating group) is 1. The Hall–Kier alpha value is -3.10. The third-order valence-electron chi connectivity index (χ3n) is 5.34. The lowest BCUT2D eigenvalue weighted by Gasteiger charge is -2.20. The summed E-state index contributed by atoms with van der Waals surface area (Å²) < 4.78 is 0. The Morgan fingerprint density at radius 2 is 1.62 bits per heavy atom. The maximum Gasteiger partial charge on any atom is 0.251 e. The number of carbonyl (C=O) groups excluding carboxylic acids is 2. The predicted octanol–water partition coefficient (Wildman–Crippen LogP) is 4.33. The van der Waals surface area contributed by atoms with Crippen molar-refractivity contribution < 1.29 is 9.59 Å². The molecule has 2 amide bonds. The van der Waals surface area contributed by atoms with Crippen LogP contribution in [0.2, 0.25) is 0 Å². The highest BCUT2D eigenvalue weighted by Crippen LogP contribution is 2.15. The van der Waals surface area contributed by atoms with Crippen molar-refractivity contribution in [3.05, 3.63) is 65.7 Å². The van der Waals surface area contributed by atoms with E-state index in [9.17, 15) is 9.59 Å². The van der Waals surface area contributed by atoms with Crippen molar-refractivity contribution in [2.24, 2.45) is 0 Å². The lowest BCUT2D eigenvalue weighted by Crippen LogP contribution is -2.34. The topological polar surface area (TPSA) is 52.7 Å². The highest BCUT2D eigenvalue weighted by atomic mass is 16.2. The largest absolute Gasteiger partial charge is 0.351 e. The molecular weight excluding hydrogens is 398 g/mol. The van der Waals surface area contributed by atoms with Crippen LogP contribution in [0, 0.1) is 11.8 Å². The minimum absolute atomic E-state index is 0.0755. The van der Waals surface area contributed by atoms with Crippen molar-refractivity contribution in [3.63, 3.8) is 0 Å². The van der Waals surface area contributed by atoms with Gasteiger partial charge < -0.3 is 15.1 Å². The van der Waals surface area contributed by atoms with E-state index in [1.54, 1.807) is 17.0 Å². The van der Waals surface area contributed by atoms with Crippen LogP contribution in [0.25, 0.3) is 0 Å². The number of hydrogen-bond acceptors (Lipinski definition) is 3. The molecule has 0 bridgehead atoms. The molecule has 0 heterocycles. The summed E-state index contributed by atoms with van der Waals surface area (Å²) in [6, 6.07) is 16.9. The van der Waals surface area contributed by atoms with Gasteiger partial charge in [-0.2, -0.15) is 0 Å². The van der Waals surface area contributed by atoms with Crippen LogP contribution in [0.5, 0.6) is 0 Å². The Balaban J connectivity index is 1.96. The van der Waals surface area contributed by atoms with Gasteiger partial charge in [0.2, 0.25) is 5.91 Å². The zero-order chi connectivity index (χ0) is 23.2. The Kier molecular flexibility index (Phi) is 11.1. The van der Waals surface area contributed by atoms with Gasteiger partial charge in [0.25, 0.3) is 5.91 Å². The van der Waals surface area contributed by atoms with Gasteiger partial charge in [-0.15, -0.1) is 0 Å². The van der Waals surface area contributed by atoms with Crippen molar-refractivity contribution >= 4 is 17.5 Å². The van der Waals surface area contributed by atoms with Crippen LogP contribution in [0.4, 0.5) is 5.69 Å². The summed E-state index contributed by atoms with van der Waals surface area (Å²) in [5, 5.41) is 2.96. The van der Waals surface area contributed by atoms with Crippen LogP contribution in [-0.2, 0) is 4.79 Å². The van der Waals surface area contributed by atoms with Crippen LogP contribution in [0.1, 0.15) is 56.0 Å². The van der Waals surface area contributed by atoms with Crippen molar-refractivity contribution in [2.45, 2.75) is 40.0 Å². The van der Waals surface area contributed by atoms with Crippen molar-refractivity contribution in [1.29, 1.82) is 0 Å². The number of unbranched alkanes of at least 4 members (excludes halogenated alkanes) is 1. The minimum atomic E-state index is -0.0755. The third-order valence-corrected chi connectivity index (χ3v) is 5.34. The van der Waals surface area contributed by atoms with Gasteiger partial charge in [0.15, 0.2) is 0 Å². The first-order chi connectivity index (χ1) is 15.6. The maximum atomic E-state index is 12.6. The van der Waals surface area contributed by atoms with Gasteiger partial charge in [-0.25, -0.2) is 0 Å². The van der Waals surface area contributed by atoms with Crippen molar-refractivity contribution in [1.82, 2.24) is 10.2 Å². The standard InChI is InChI=1S/C27H35N3O2/c1-4-7-15-26(31)30(25-13-9-8-10-14-25)21-11-12-23-16-18-24(19-17-23)27(32)28-20-22-29(5-2)6-3/h8-10,13-14,16-19H,4-7,15,20-22H2,1-3H3,(H,28,32). The highest BCUT2D eigenvalue weighted by Gasteiger charge is 2.13. The number of anilines is 1. The third kappa shape index (κ3) is 8.20. The molecule has 2 aromatic carbocycles. The molecule has 2 aromatic rings. The minimum Gasteiger partial charge on any atom is -0.351 e. The molecule has 0 saturated carbocycles. The zero-order valence-corrected chi connectivity index (χ0v) is 19.6. The second kappa shape index (κ2) is 14.1. The molecule has 0 saturated heterocycles. The lowest BCUT2D eigenvalue weighted by atomic mass is 10.1. The molecule has 0 spiro atoms. The quantitative estimate of drug-likeness (QED) is 0.537. The van der Waals surface area contributed by atoms with Crippen LogP contribution in [0.15, 0.2) is 54.6 Å². The Morgan fingerprint density at radius 3 is 2.25 bits per heavy atom. The summed E-state index contributed by atoms with van der Waals surface area (Å²) in [7, 11) is 0. The van der Waals surface area contributed by atoms with Gasteiger partial charge in [-0.3, -0.25) is 9.59 Å². The summed E-state index contributed by atoms with van der Waals surface area (Å²) in [5.74, 6) is 6.24. The van der Waals surface area contributed by atoms with Crippen LogP contribution in [-0.4, -0.2) is 49.4 Å². The summed E-state index contributed by atoms with van der Waals surface area (Å²) >= 11 is 0. The normalized spacial score (nSPS) is 10.4. The number of carbonyl (C=O) groups is 2. The predicted molar refractivity (Wildman–Crippen MR) is 132 cm³/mol. The van der Waals surface area contributed by atoms with E-state index < -0.39 is 0 Å². The molecule has 5 heteroatoms. The molecule has 0 fully saturated rings. The number of nitrogens with one attached hydrogen (secondary N) is 1. The summed E-state index contributed by atoms with van der Waals surface area (Å²) in [5.41, 5.74) is 2.30. The van der Waals surface area contributed by atoms with E-state index in [1.807, 2.05) is 42.5 Å². The Bertz CT molecular complexity index is 894. The molecular formula is C27H35N3O2. The van der Waals surface area contributed by atoms with Gasteiger partial charge in [0, 0.05) is 36.3 Å². The smallest absolute Gasteiger partial charge is 0.251 e. The number of nitrogens with zero attached hydrogens (tertiary/aromatic N) is 2. The van der Waals surface area contributed by atoms with E-state index in [0.717, 1.165) is 43.7 Å². The first-order valence-corrected chi connectivity index (χ1v) is 11.5. The van der Waals surface area contributed by atoms with Gasteiger partial charge in [0.05, 0.1) is 6.54 Å². The van der Waals surface area contributed by atoms with Crippen LogP contribution >= 0.6 is 0 Å². The SMILES string of the molecule is CCCCC(=O)N(CC#Cc1ccc(C(=O)NCCN(CC)CC)cc1)c1ccccc1. The fraction of sp³-hybridized carbons (Fsp3) is 0.407. The Morgan fingerprint density at radius 1 is 0.938 bits per heavy atom. The molecule has 0 aliphatic rings. The Labute approximate surface area is 192 Å². The van der Waals surface area contributed by atoms with E-state index in [1.165, 1.54) is 0 Å². The number of amides is 2. The molecule has 0 atom stereocenters. The maximum absolute atomic E-state index is 12.6. The first kappa shape index (κ1) is 25.2. The monoisotopic (exact) mass is 433 g/mol. The van der Waals surface area contributed by atoms with E-state index >= 15 is 0 Å². The molecule has 170 valence electrons. The van der Waals surface area contributed by atoms with Crippen molar-refractivity contribution in [3.8, 4) is 11.8 Å². The number of benzene rings is 2. The van der Waals surface area contributed by atoms with E-state index in [-0.39, 0.29) is 11.8 Å². The van der Waals surface area contributed by atoms with E-state index in [2.05, 4.69) is 42.8 Å². The molecule has 0 unspecified atom stereocenters. The van der Waals surface area contributed by atoms with E-state index in [4.69, 9.17) is 0 Å². The molecule has 0 aliphatic heterocycles. The van der Waals surface area contributed by atoms with Crippen molar-refractivity contribution in [2.75, 3.05) is 37.6 Å².